The van der Waals surface area contributed by atoms with Crippen molar-refractivity contribution in [3.8, 4) is 5.75 Å². The lowest BCUT2D eigenvalue weighted by molar-refractivity contribution is -0.117. The van der Waals surface area contributed by atoms with Crippen molar-refractivity contribution in [1.29, 1.82) is 0 Å². The number of ether oxygens (including phenoxy) is 1. The number of fused-ring (bicyclic) bond motifs is 1. The molecule has 0 fully saturated rings. The van der Waals surface area contributed by atoms with Crippen LogP contribution < -0.4 is 4.74 Å². The number of hydrogen-bond donors (Lipinski definition) is 0. The number of benzene rings is 1. The Kier molecular flexibility index (Phi) is 1.92. The maximum atomic E-state index is 11.3. The lowest BCUT2D eigenvalue weighted by atomic mass is 10.0. The number of rotatable bonds is 0. The largest absolute Gasteiger partial charge is 0.485 e. The summed E-state index contributed by atoms with van der Waals surface area (Å²) in [5.74, 6) is -0.485. The molecular weight excluding hydrogens is 236 g/mol. The number of carbonyl (C=O) groups is 2. The van der Waals surface area contributed by atoms with Crippen LogP contribution in [0.3, 0.4) is 0 Å². The molecule has 0 N–H and O–H groups in total. The van der Waals surface area contributed by atoms with Crippen molar-refractivity contribution in [3.63, 3.8) is 0 Å². The molecule has 1 aromatic carbocycles. The predicted molar refractivity (Wildman–Crippen MR) is 49.0 cm³/mol. The van der Waals surface area contributed by atoms with Gasteiger partial charge < -0.3 is 4.74 Å². The molecule has 0 aliphatic carbocycles. The summed E-state index contributed by atoms with van der Waals surface area (Å²) in [4.78, 5) is 22.3. The zero-order chi connectivity index (χ0) is 9.42. The van der Waals surface area contributed by atoms with Gasteiger partial charge >= 0.3 is 0 Å². The fraction of sp³-hybridized carbons (Fsp3) is 0.111. The van der Waals surface area contributed by atoms with Crippen LogP contribution in [0.1, 0.15) is 10.4 Å². The van der Waals surface area contributed by atoms with Gasteiger partial charge in [-0.2, -0.15) is 0 Å². The first-order valence-electron chi connectivity index (χ1n) is 3.68. The van der Waals surface area contributed by atoms with Gasteiger partial charge in [0.1, 0.15) is 5.75 Å². The number of Topliss-reactive ketones (excluding diaryl/α,β-unsaturated/α-hetero) is 2. The van der Waals surface area contributed by atoms with E-state index in [0.717, 1.165) is 4.47 Å². The zero-order valence-corrected chi connectivity index (χ0v) is 8.13. The van der Waals surface area contributed by atoms with E-state index in [4.69, 9.17) is 4.74 Å². The van der Waals surface area contributed by atoms with Crippen LogP contribution in [0, 0.1) is 0 Å². The van der Waals surface area contributed by atoms with Crippen molar-refractivity contribution in [3.05, 3.63) is 28.2 Å². The van der Waals surface area contributed by atoms with Crippen molar-refractivity contribution in [2.24, 2.45) is 0 Å². The zero-order valence-electron chi connectivity index (χ0n) is 6.54. The quantitative estimate of drug-likeness (QED) is 0.648. The maximum Gasteiger partial charge on any atom is 0.240 e. The number of carbonyl (C=O) groups excluding carboxylic acids is 2. The van der Waals surface area contributed by atoms with Crippen LogP contribution in [-0.4, -0.2) is 18.2 Å². The Hall–Kier alpha value is -1.16. The van der Waals surface area contributed by atoms with Crippen LogP contribution in [0.15, 0.2) is 22.7 Å². The molecule has 1 aromatic rings. The third-order valence-corrected chi connectivity index (χ3v) is 2.29. The second-order valence-electron chi connectivity index (χ2n) is 2.68. The normalized spacial score (nSPS) is 15.2. The smallest absolute Gasteiger partial charge is 0.240 e. The SMILES string of the molecule is O=C1COc2ccc(Br)cc2C1=O. The standard InChI is InChI=1S/C9H5BrO3/c10-5-1-2-8-6(3-5)9(12)7(11)4-13-8/h1-3H,4H2. The Morgan fingerprint density at radius 1 is 1.31 bits per heavy atom. The first-order valence-corrected chi connectivity index (χ1v) is 4.47. The highest BCUT2D eigenvalue weighted by Gasteiger charge is 2.26. The molecular formula is C9H5BrO3. The van der Waals surface area contributed by atoms with Gasteiger partial charge in [-0.15, -0.1) is 0 Å². The van der Waals surface area contributed by atoms with E-state index in [-0.39, 0.29) is 6.61 Å². The summed E-state index contributed by atoms with van der Waals surface area (Å²) in [6.45, 7) is -0.145. The van der Waals surface area contributed by atoms with Crippen molar-refractivity contribution >= 4 is 27.5 Å². The summed E-state index contributed by atoms with van der Waals surface area (Å²) in [5, 5.41) is 0. The van der Waals surface area contributed by atoms with Gasteiger partial charge in [-0.3, -0.25) is 9.59 Å². The van der Waals surface area contributed by atoms with Gasteiger partial charge in [-0.25, -0.2) is 0 Å². The average molecular weight is 241 g/mol. The Morgan fingerprint density at radius 3 is 2.85 bits per heavy atom. The third-order valence-electron chi connectivity index (χ3n) is 1.80. The lowest BCUT2D eigenvalue weighted by Gasteiger charge is -2.14. The maximum absolute atomic E-state index is 11.3. The molecule has 0 aromatic heterocycles. The van der Waals surface area contributed by atoms with E-state index in [2.05, 4.69) is 15.9 Å². The molecule has 13 heavy (non-hydrogen) atoms. The third kappa shape index (κ3) is 1.37. The second kappa shape index (κ2) is 2.96. The summed E-state index contributed by atoms with van der Waals surface area (Å²) in [6, 6.07) is 5.03. The molecule has 4 heteroatoms. The summed E-state index contributed by atoms with van der Waals surface area (Å²) >= 11 is 3.22. The van der Waals surface area contributed by atoms with Crippen molar-refractivity contribution in [1.82, 2.24) is 0 Å². The van der Waals surface area contributed by atoms with Gasteiger partial charge in [0.15, 0.2) is 6.61 Å². The molecule has 0 saturated carbocycles. The van der Waals surface area contributed by atoms with Gasteiger partial charge in [0.05, 0.1) is 5.56 Å². The first-order chi connectivity index (χ1) is 6.18. The number of hydrogen-bond acceptors (Lipinski definition) is 3. The first kappa shape index (κ1) is 8.44. The molecule has 0 spiro atoms. The van der Waals surface area contributed by atoms with Gasteiger partial charge in [0, 0.05) is 4.47 Å². The molecule has 0 atom stereocenters. The van der Waals surface area contributed by atoms with Gasteiger partial charge in [-0.1, -0.05) is 15.9 Å². The molecule has 3 nitrogen and oxygen atoms in total. The van der Waals surface area contributed by atoms with Gasteiger partial charge in [0.25, 0.3) is 0 Å². The Morgan fingerprint density at radius 2 is 2.08 bits per heavy atom. The van der Waals surface area contributed by atoms with Crippen LogP contribution >= 0.6 is 15.9 Å². The molecule has 0 saturated heterocycles. The van der Waals surface area contributed by atoms with Crippen LogP contribution in [-0.2, 0) is 4.79 Å². The van der Waals surface area contributed by atoms with Crippen LogP contribution in [0.2, 0.25) is 0 Å². The highest BCUT2D eigenvalue weighted by molar-refractivity contribution is 9.10. The highest BCUT2D eigenvalue weighted by atomic mass is 79.9. The molecule has 0 bridgehead atoms. The van der Waals surface area contributed by atoms with Crippen molar-refractivity contribution in [2.45, 2.75) is 0 Å². The predicted octanol–water partition coefficient (Wildman–Crippen LogP) is 1.59. The van der Waals surface area contributed by atoms with Gasteiger partial charge in [-0.05, 0) is 18.2 Å². The molecule has 1 aliphatic heterocycles. The summed E-state index contributed by atoms with van der Waals surface area (Å²) in [6.07, 6.45) is 0. The highest BCUT2D eigenvalue weighted by Crippen LogP contribution is 2.26. The van der Waals surface area contributed by atoms with E-state index in [0.29, 0.717) is 11.3 Å². The fourth-order valence-electron chi connectivity index (χ4n) is 1.16. The minimum Gasteiger partial charge on any atom is -0.485 e. The van der Waals surface area contributed by atoms with E-state index in [1.54, 1.807) is 18.2 Å². The van der Waals surface area contributed by atoms with E-state index < -0.39 is 11.6 Å². The topological polar surface area (TPSA) is 43.4 Å². The molecule has 2 rings (SSSR count). The molecule has 0 unspecified atom stereocenters. The molecule has 66 valence electrons. The Balaban J connectivity index is 2.58. The minimum absolute atomic E-state index is 0.145. The molecule has 0 amide bonds. The van der Waals surface area contributed by atoms with E-state index in [1.165, 1.54) is 0 Å². The van der Waals surface area contributed by atoms with E-state index >= 15 is 0 Å². The van der Waals surface area contributed by atoms with Crippen LogP contribution in [0.5, 0.6) is 5.75 Å². The van der Waals surface area contributed by atoms with E-state index in [1.807, 2.05) is 0 Å². The Labute approximate surface area is 82.8 Å². The number of ketones is 2. The van der Waals surface area contributed by atoms with Gasteiger partial charge in [0.2, 0.25) is 11.6 Å². The van der Waals surface area contributed by atoms with Crippen LogP contribution in [0.25, 0.3) is 0 Å². The summed E-state index contributed by atoms with van der Waals surface area (Å²) in [5.41, 5.74) is 0.339. The summed E-state index contributed by atoms with van der Waals surface area (Å²) < 4.78 is 5.83. The van der Waals surface area contributed by atoms with Crippen molar-refractivity contribution in [2.75, 3.05) is 6.61 Å². The van der Waals surface area contributed by atoms with Crippen LogP contribution in [0.4, 0.5) is 0 Å². The molecule has 1 heterocycles. The lowest BCUT2D eigenvalue weighted by Crippen LogP contribution is -2.27. The second-order valence-corrected chi connectivity index (χ2v) is 3.60. The minimum atomic E-state index is -0.495. The number of halogens is 1. The fourth-order valence-corrected chi connectivity index (χ4v) is 1.53. The molecule has 0 radical (unpaired) electrons. The van der Waals surface area contributed by atoms with E-state index in [9.17, 15) is 9.59 Å². The monoisotopic (exact) mass is 240 g/mol. The summed E-state index contributed by atoms with van der Waals surface area (Å²) in [7, 11) is 0. The molecule has 1 aliphatic rings. The average Bonchev–Trinajstić information content (AvgIpc) is 2.12. The Bertz CT molecular complexity index is 398. The van der Waals surface area contributed by atoms with Crippen molar-refractivity contribution < 1.29 is 14.3 Å².